The van der Waals surface area contributed by atoms with E-state index in [9.17, 15) is 0 Å². The van der Waals surface area contributed by atoms with Crippen LogP contribution in [0.15, 0.2) is 58.1 Å². The van der Waals surface area contributed by atoms with Crippen LogP contribution in [0, 0.1) is 0 Å². The summed E-state index contributed by atoms with van der Waals surface area (Å²) in [6, 6.07) is 15.8. The second-order valence-electron chi connectivity index (χ2n) is 4.68. The van der Waals surface area contributed by atoms with Gasteiger partial charge in [0.25, 0.3) is 0 Å². The van der Waals surface area contributed by atoms with Gasteiger partial charge in [-0.25, -0.2) is 0 Å². The summed E-state index contributed by atoms with van der Waals surface area (Å²) in [6.45, 7) is 3.23. The Hall–Kier alpha value is -1.92. The second kappa shape index (κ2) is 9.27. The Morgan fingerprint density at radius 1 is 1.22 bits per heavy atom. The van der Waals surface area contributed by atoms with Crippen molar-refractivity contribution in [1.29, 1.82) is 0 Å². The predicted octanol–water partition coefficient (Wildman–Crippen LogP) is 3.85. The average Bonchev–Trinajstić information content (AvgIpc) is 2.56. The highest BCUT2D eigenvalue weighted by Gasteiger charge is 2.01. The molecule has 23 heavy (non-hydrogen) atoms. The van der Waals surface area contributed by atoms with Gasteiger partial charge >= 0.3 is 0 Å². The molecule has 0 amide bonds. The first-order valence-corrected chi connectivity index (χ1v) is 8.42. The van der Waals surface area contributed by atoms with E-state index < -0.39 is 0 Å². The molecule has 0 aromatic heterocycles. The molecule has 0 radical (unpaired) electrons. The summed E-state index contributed by atoms with van der Waals surface area (Å²) in [5.41, 5.74) is 4.76. The van der Waals surface area contributed by atoms with Crippen molar-refractivity contribution in [3.63, 3.8) is 0 Å². The number of thiocarbonyl (C=S) groups is 1. The molecule has 0 spiro atoms. The quantitative estimate of drug-likeness (QED) is 0.446. The summed E-state index contributed by atoms with van der Waals surface area (Å²) < 4.78 is 6.94. The molecular formula is C17H18BrN3OS. The fourth-order valence-electron chi connectivity index (χ4n) is 1.82. The van der Waals surface area contributed by atoms with Crippen LogP contribution in [0.1, 0.15) is 18.1 Å². The van der Waals surface area contributed by atoms with Gasteiger partial charge < -0.3 is 10.1 Å². The molecule has 0 fully saturated rings. The molecule has 0 saturated carbocycles. The second-order valence-corrected chi connectivity index (χ2v) is 6.01. The van der Waals surface area contributed by atoms with Gasteiger partial charge in [0, 0.05) is 16.6 Å². The van der Waals surface area contributed by atoms with Gasteiger partial charge in [0.15, 0.2) is 5.11 Å². The Morgan fingerprint density at radius 2 is 1.96 bits per heavy atom. The van der Waals surface area contributed by atoms with E-state index in [0.717, 1.165) is 27.9 Å². The lowest BCUT2D eigenvalue weighted by Crippen LogP contribution is -2.31. The van der Waals surface area contributed by atoms with Crippen molar-refractivity contribution >= 4 is 39.5 Å². The minimum Gasteiger partial charge on any atom is -0.488 e. The van der Waals surface area contributed by atoms with Crippen LogP contribution in [-0.2, 0) is 6.61 Å². The molecule has 0 unspecified atom stereocenters. The number of benzene rings is 2. The number of ether oxygens (including phenoxy) is 1. The number of nitrogens with one attached hydrogen (secondary N) is 2. The number of para-hydroxylation sites is 1. The van der Waals surface area contributed by atoms with E-state index in [4.69, 9.17) is 17.0 Å². The highest BCUT2D eigenvalue weighted by atomic mass is 79.9. The highest BCUT2D eigenvalue weighted by molar-refractivity contribution is 9.10. The van der Waals surface area contributed by atoms with Crippen molar-refractivity contribution in [3.05, 3.63) is 64.1 Å². The van der Waals surface area contributed by atoms with E-state index in [1.54, 1.807) is 6.21 Å². The third kappa shape index (κ3) is 6.00. The van der Waals surface area contributed by atoms with E-state index in [1.165, 1.54) is 0 Å². The zero-order chi connectivity index (χ0) is 16.5. The molecule has 2 N–H and O–H groups in total. The van der Waals surface area contributed by atoms with E-state index in [0.29, 0.717) is 11.7 Å². The fraction of sp³-hybridized carbons (Fsp3) is 0.176. The summed E-state index contributed by atoms with van der Waals surface area (Å²) >= 11 is 8.48. The van der Waals surface area contributed by atoms with Crippen molar-refractivity contribution in [2.75, 3.05) is 6.54 Å². The number of hydrogen-bond acceptors (Lipinski definition) is 3. The predicted molar refractivity (Wildman–Crippen MR) is 102 cm³/mol. The van der Waals surface area contributed by atoms with Crippen LogP contribution in [0.3, 0.4) is 0 Å². The van der Waals surface area contributed by atoms with Crippen molar-refractivity contribution in [1.82, 2.24) is 10.7 Å². The molecule has 2 rings (SSSR count). The molecule has 0 aliphatic heterocycles. The average molecular weight is 392 g/mol. The molecule has 2 aromatic rings. The number of hydrazone groups is 1. The zero-order valence-electron chi connectivity index (χ0n) is 12.8. The number of halogens is 1. The maximum absolute atomic E-state index is 5.89. The monoisotopic (exact) mass is 391 g/mol. The minimum absolute atomic E-state index is 0.497. The van der Waals surface area contributed by atoms with E-state index in [-0.39, 0.29) is 0 Å². The van der Waals surface area contributed by atoms with Crippen molar-refractivity contribution in [3.8, 4) is 5.75 Å². The highest BCUT2D eigenvalue weighted by Crippen LogP contribution is 2.18. The topological polar surface area (TPSA) is 45.7 Å². The molecule has 0 heterocycles. The van der Waals surface area contributed by atoms with E-state index in [2.05, 4.69) is 31.8 Å². The molecule has 0 aliphatic carbocycles. The third-order valence-corrected chi connectivity index (χ3v) is 3.70. The van der Waals surface area contributed by atoms with Crippen LogP contribution < -0.4 is 15.5 Å². The maximum atomic E-state index is 5.89. The fourth-order valence-corrected chi connectivity index (χ4v) is 2.28. The normalized spacial score (nSPS) is 10.5. The third-order valence-electron chi connectivity index (χ3n) is 2.93. The molecule has 6 heteroatoms. The first kappa shape index (κ1) is 17.4. The Labute approximate surface area is 150 Å². The Morgan fingerprint density at radius 3 is 2.70 bits per heavy atom. The van der Waals surface area contributed by atoms with E-state index >= 15 is 0 Å². The Bertz CT molecular complexity index is 674. The van der Waals surface area contributed by atoms with Crippen molar-refractivity contribution < 1.29 is 4.74 Å². The SMILES string of the molecule is CCNC(=S)NN=Cc1ccccc1OCc1ccc(Br)cc1. The maximum Gasteiger partial charge on any atom is 0.186 e. The van der Waals surface area contributed by atoms with Gasteiger partial charge in [0.1, 0.15) is 12.4 Å². The van der Waals surface area contributed by atoms with Crippen LogP contribution in [0.25, 0.3) is 0 Å². The van der Waals surface area contributed by atoms with E-state index in [1.807, 2.05) is 55.5 Å². The summed E-state index contributed by atoms with van der Waals surface area (Å²) in [5, 5.41) is 7.59. The van der Waals surface area contributed by atoms with Gasteiger partial charge in [0.05, 0.1) is 6.21 Å². The van der Waals surface area contributed by atoms with Crippen molar-refractivity contribution in [2.45, 2.75) is 13.5 Å². The summed E-state index contributed by atoms with van der Waals surface area (Å²) in [4.78, 5) is 0. The standard InChI is InChI=1S/C17H18BrN3OS/c1-2-19-17(23)21-20-11-14-5-3-4-6-16(14)22-12-13-7-9-15(18)10-8-13/h3-11H,2,12H2,1H3,(H2,19,21,23). The molecule has 4 nitrogen and oxygen atoms in total. The van der Waals surface area contributed by atoms with Crippen LogP contribution in [0.4, 0.5) is 0 Å². The lowest BCUT2D eigenvalue weighted by molar-refractivity contribution is 0.306. The Balaban J connectivity index is 1.98. The molecule has 0 aliphatic rings. The van der Waals surface area contributed by atoms with Gasteiger partial charge in [-0.1, -0.05) is 40.2 Å². The molecule has 0 bridgehead atoms. The van der Waals surface area contributed by atoms with Gasteiger partial charge in [-0.15, -0.1) is 0 Å². The summed E-state index contributed by atoms with van der Waals surface area (Å²) in [7, 11) is 0. The minimum atomic E-state index is 0.497. The zero-order valence-corrected chi connectivity index (χ0v) is 15.2. The first-order chi connectivity index (χ1) is 11.2. The number of rotatable bonds is 6. The van der Waals surface area contributed by atoms with Gasteiger partial charge in [-0.05, 0) is 49.0 Å². The smallest absolute Gasteiger partial charge is 0.186 e. The summed E-state index contributed by atoms with van der Waals surface area (Å²) in [5.74, 6) is 0.773. The first-order valence-electron chi connectivity index (χ1n) is 7.22. The van der Waals surface area contributed by atoms with Gasteiger partial charge in [0.2, 0.25) is 0 Å². The Kier molecular flexibility index (Phi) is 7.03. The molecule has 2 aromatic carbocycles. The summed E-state index contributed by atoms with van der Waals surface area (Å²) in [6.07, 6.45) is 1.69. The number of nitrogens with zero attached hydrogens (tertiary/aromatic N) is 1. The van der Waals surface area contributed by atoms with Crippen LogP contribution >= 0.6 is 28.1 Å². The van der Waals surface area contributed by atoms with Crippen LogP contribution in [0.5, 0.6) is 5.75 Å². The molecule has 0 saturated heterocycles. The van der Waals surface area contributed by atoms with Crippen LogP contribution in [0.2, 0.25) is 0 Å². The van der Waals surface area contributed by atoms with Gasteiger partial charge in [-0.2, -0.15) is 5.10 Å². The molecule has 0 atom stereocenters. The van der Waals surface area contributed by atoms with Crippen molar-refractivity contribution in [2.24, 2.45) is 5.10 Å². The lowest BCUT2D eigenvalue weighted by atomic mass is 10.2. The van der Waals surface area contributed by atoms with Gasteiger partial charge in [-0.3, -0.25) is 5.43 Å². The lowest BCUT2D eigenvalue weighted by Gasteiger charge is -2.09. The van der Waals surface area contributed by atoms with Crippen LogP contribution in [-0.4, -0.2) is 17.9 Å². The molecular weight excluding hydrogens is 374 g/mol. The largest absolute Gasteiger partial charge is 0.488 e. The molecule has 120 valence electrons. The number of hydrogen-bond donors (Lipinski definition) is 2.